The minimum absolute atomic E-state index is 0.237. The molecule has 0 radical (unpaired) electrons. The smallest absolute Gasteiger partial charge is 0.00509 e. The molecule has 2 heteroatoms. The molecule has 60 valence electrons. The average Bonchev–Trinajstić information content (AvgIpc) is 1.93. The standard InChI is InChI=1S/C9H13NS/c1-7(10)6-8-2-4-9(11)5-3-8/h2-5,7,11H,6,10H2,1H3. The van der Waals surface area contributed by atoms with Crippen molar-refractivity contribution in [2.75, 3.05) is 0 Å². The highest BCUT2D eigenvalue weighted by Crippen LogP contribution is 2.08. The zero-order valence-corrected chi connectivity index (χ0v) is 7.51. The molecule has 1 aromatic rings. The molecule has 0 aliphatic carbocycles. The second-order valence-electron chi connectivity index (χ2n) is 2.85. The number of rotatable bonds is 2. The van der Waals surface area contributed by atoms with Crippen LogP contribution in [0.3, 0.4) is 0 Å². The molecule has 11 heavy (non-hydrogen) atoms. The zero-order valence-electron chi connectivity index (χ0n) is 6.62. The lowest BCUT2D eigenvalue weighted by Gasteiger charge is -2.04. The van der Waals surface area contributed by atoms with Crippen LogP contribution in [-0.2, 0) is 6.42 Å². The summed E-state index contributed by atoms with van der Waals surface area (Å²) in [6.07, 6.45) is 0.939. The van der Waals surface area contributed by atoms with Crippen molar-refractivity contribution in [2.45, 2.75) is 24.3 Å². The van der Waals surface area contributed by atoms with Gasteiger partial charge in [0, 0.05) is 10.9 Å². The van der Waals surface area contributed by atoms with Crippen molar-refractivity contribution < 1.29 is 0 Å². The zero-order chi connectivity index (χ0) is 8.27. The van der Waals surface area contributed by atoms with Gasteiger partial charge < -0.3 is 5.73 Å². The molecule has 1 atom stereocenters. The van der Waals surface area contributed by atoms with Crippen molar-refractivity contribution in [1.29, 1.82) is 0 Å². The van der Waals surface area contributed by atoms with Crippen LogP contribution < -0.4 is 5.73 Å². The van der Waals surface area contributed by atoms with E-state index in [-0.39, 0.29) is 6.04 Å². The van der Waals surface area contributed by atoms with E-state index in [2.05, 4.69) is 24.8 Å². The van der Waals surface area contributed by atoms with Gasteiger partial charge in [0.15, 0.2) is 0 Å². The third-order valence-electron chi connectivity index (χ3n) is 1.49. The minimum Gasteiger partial charge on any atom is -0.328 e. The first kappa shape index (κ1) is 8.62. The van der Waals surface area contributed by atoms with Gasteiger partial charge in [-0.25, -0.2) is 0 Å². The summed E-state index contributed by atoms with van der Waals surface area (Å²) in [7, 11) is 0. The highest BCUT2D eigenvalue weighted by Gasteiger charge is 1.95. The third-order valence-corrected chi connectivity index (χ3v) is 1.79. The number of hydrogen-bond donors (Lipinski definition) is 2. The van der Waals surface area contributed by atoms with Gasteiger partial charge in [0.1, 0.15) is 0 Å². The van der Waals surface area contributed by atoms with Gasteiger partial charge in [0.2, 0.25) is 0 Å². The molecular weight excluding hydrogens is 154 g/mol. The Labute approximate surface area is 73.0 Å². The highest BCUT2D eigenvalue weighted by atomic mass is 32.1. The molecule has 0 saturated carbocycles. The van der Waals surface area contributed by atoms with Gasteiger partial charge in [-0.15, -0.1) is 12.6 Å². The molecular formula is C9H13NS. The SMILES string of the molecule is CC(N)Cc1ccc(S)cc1. The third kappa shape index (κ3) is 2.95. The first-order valence-corrected chi connectivity index (χ1v) is 4.16. The molecule has 0 aromatic heterocycles. The van der Waals surface area contributed by atoms with Gasteiger partial charge in [0.25, 0.3) is 0 Å². The van der Waals surface area contributed by atoms with Crippen molar-refractivity contribution in [3.05, 3.63) is 29.8 Å². The Hall–Kier alpha value is -0.470. The van der Waals surface area contributed by atoms with Crippen LogP contribution in [0.1, 0.15) is 12.5 Å². The van der Waals surface area contributed by atoms with Crippen LogP contribution in [0.15, 0.2) is 29.2 Å². The Bertz CT molecular complexity index is 216. The second-order valence-corrected chi connectivity index (χ2v) is 3.36. The molecule has 0 heterocycles. The lowest BCUT2D eigenvalue weighted by atomic mass is 10.1. The van der Waals surface area contributed by atoms with Gasteiger partial charge in [0.05, 0.1) is 0 Å². The molecule has 1 aromatic carbocycles. The Kier molecular flexibility index (Phi) is 2.97. The van der Waals surface area contributed by atoms with E-state index in [0.29, 0.717) is 0 Å². The molecule has 0 aliphatic heterocycles. The van der Waals surface area contributed by atoms with Gasteiger partial charge in [-0.1, -0.05) is 12.1 Å². The quantitative estimate of drug-likeness (QED) is 0.646. The monoisotopic (exact) mass is 167 g/mol. The molecule has 0 spiro atoms. The van der Waals surface area contributed by atoms with Gasteiger partial charge in [-0.2, -0.15) is 0 Å². The van der Waals surface area contributed by atoms with E-state index < -0.39 is 0 Å². The van der Waals surface area contributed by atoms with E-state index >= 15 is 0 Å². The van der Waals surface area contributed by atoms with Crippen molar-refractivity contribution in [3.8, 4) is 0 Å². The first-order valence-electron chi connectivity index (χ1n) is 3.72. The fraction of sp³-hybridized carbons (Fsp3) is 0.333. The Morgan fingerprint density at radius 3 is 2.36 bits per heavy atom. The van der Waals surface area contributed by atoms with E-state index in [4.69, 9.17) is 5.73 Å². The molecule has 0 fully saturated rings. The average molecular weight is 167 g/mol. The van der Waals surface area contributed by atoms with E-state index in [9.17, 15) is 0 Å². The van der Waals surface area contributed by atoms with Crippen molar-refractivity contribution >= 4 is 12.6 Å². The van der Waals surface area contributed by atoms with Crippen LogP contribution in [0.4, 0.5) is 0 Å². The number of thiol groups is 1. The molecule has 1 unspecified atom stereocenters. The molecule has 1 rings (SSSR count). The summed E-state index contributed by atoms with van der Waals surface area (Å²) in [5.41, 5.74) is 6.92. The van der Waals surface area contributed by atoms with Crippen molar-refractivity contribution in [2.24, 2.45) is 5.73 Å². The minimum atomic E-state index is 0.237. The highest BCUT2D eigenvalue weighted by molar-refractivity contribution is 7.80. The molecule has 2 N–H and O–H groups in total. The summed E-state index contributed by atoms with van der Waals surface area (Å²) < 4.78 is 0. The fourth-order valence-electron chi connectivity index (χ4n) is 1.00. The van der Waals surface area contributed by atoms with Crippen LogP contribution in [0.2, 0.25) is 0 Å². The summed E-state index contributed by atoms with van der Waals surface area (Å²) >= 11 is 4.19. The summed E-state index contributed by atoms with van der Waals surface area (Å²) in [6.45, 7) is 2.01. The lowest BCUT2D eigenvalue weighted by Crippen LogP contribution is -2.17. The van der Waals surface area contributed by atoms with Gasteiger partial charge >= 0.3 is 0 Å². The van der Waals surface area contributed by atoms with Crippen LogP contribution in [-0.4, -0.2) is 6.04 Å². The second kappa shape index (κ2) is 3.79. The topological polar surface area (TPSA) is 26.0 Å². The Balaban J connectivity index is 2.66. The summed E-state index contributed by atoms with van der Waals surface area (Å²) in [5, 5.41) is 0. The Morgan fingerprint density at radius 1 is 1.36 bits per heavy atom. The van der Waals surface area contributed by atoms with Crippen LogP contribution in [0.5, 0.6) is 0 Å². The summed E-state index contributed by atoms with van der Waals surface area (Å²) in [5.74, 6) is 0. The molecule has 1 nitrogen and oxygen atoms in total. The maximum atomic E-state index is 5.64. The van der Waals surface area contributed by atoms with Crippen LogP contribution >= 0.6 is 12.6 Å². The van der Waals surface area contributed by atoms with Gasteiger partial charge in [-0.05, 0) is 31.0 Å². The van der Waals surface area contributed by atoms with Crippen molar-refractivity contribution in [1.82, 2.24) is 0 Å². The predicted molar refractivity (Wildman–Crippen MR) is 51.0 cm³/mol. The van der Waals surface area contributed by atoms with E-state index in [1.165, 1.54) is 5.56 Å². The maximum Gasteiger partial charge on any atom is 0.00509 e. The molecule has 0 aliphatic rings. The fourth-order valence-corrected chi connectivity index (χ4v) is 1.15. The summed E-state index contributed by atoms with van der Waals surface area (Å²) in [6, 6.07) is 8.33. The molecule has 0 amide bonds. The maximum absolute atomic E-state index is 5.64. The van der Waals surface area contributed by atoms with E-state index in [1.54, 1.807) is 0 Å². The largest absolute Gasteiger partial charge is 0.328 e. The van der Waals surface area contributed by atoms with Crippen LogP contribution in [0, 0.1) is 0 Å². The Morgan fingerprint density at radius 2 is 1.91 bits per heavy atom. The lowest BCUT2D eigenvalue weighted by molar-refractivity contribution is 0.737. The predicted octanol–water partition coefficient (Wildman–Crippen LogP) is 1.86. The number of benzene rings is 1. The van der Waals surface area contributed by atoms with Crippen LogP contribution in [0.25, 0.3) is 0 Å². The first-order chi connectivity index (χ1) is 5.18. The van der Waals surface area contributed by atoms with E-state index in [0.717, 1.165) is 11.3 Å². The number of nitrogens with two attached hydrogens (primary N) is 1. The van der Waals surface area contributed by atoms with Crippen molar-refractivity contribution in [3.63, 3.8) is 0 Å². The normalized spacial score (nSPS) is 13.0. The summed E-state index contributed by atoms with van der Waals surface area (Å²) in [4.78, 5) is 0.999. The number of hydrogen-bond acceptors (Lipinski definition) is 2. The molecule has 0 bridgehead atoms. The van der Waals surface area contributed by atoms with Gasteiger partial charge in [-0.3, -0.25) is 0 Å². The van der Waals surface area contributed by atoms with E-state index in [1.807, 2.05) is 19.1 Å². The molecule has 0 saturated heterocycles.